The van der Waals surface area contributed by atoms with Gasteiger partial charge in [-0.15, -0.1) is 0 Å². The number of methoxy groups -OCH3 is 1. The molecule has 2 aromatic carbocycles. The number of nitrogens with two attached hydrogens (primary N) is 3. The van der Waals surface area contributed by atoms with Gasteiger partial charge in [0, 0.05) is 93.9 Å². The molecule has 0 spiro atoms. The van der Waals surface area contributed by atoms with Crippen LogP contribution in [-0.2, 0) is 64.5 Å². The molecular formula is C61H77N19O16. The van der Waals surface area contributed by atoms with Crippen molar-refractivity contribution >= 4 is 104 Å². The third kappa shape index (κ3) is 18.8. The van der Waals surface area contributed by atoms with E-state index in [1.807, 2.05) is 37.5 Å². The Labute approximate surface area is 547 Å². The van der Waals surface area contributed by atoms with Gasteiger partial charge in [0.15, 0.2) is 11.8 Å². The zero-order valence-corrected chi connectivity index (χ0v) is 53.4. The van der Waals surface area contributed by atoms with Gasteiger partial charge in [-0.25, -0.2) is 15.0 Å². The Hall–Kier alpha value is -11.5. The molecule has 3 unspecified atom stereocenters. The third-order valence-electron chi connectivity index (χ3n) is 14.7. The summed E-state index contributed by atoms with van der Waals surface area (Å²) >= 11 is 0. The molecule has 0 radical (unpaired) electrons. The van der Waals surface area contributed by atoms with Crippen molar-refractivity contribution in [3.05, 3.63) is 83.0 Å². The van der Waals surface area contributed by atoms with Crippen molar-refractivity contribution in [2.45, 2.75) is 123 Å². The lowest BCUT2D eigenvalue weighted by atomic mass is 10.1. The molecule has 0 aliphatic rings. The minimum atomic E-state index is -1.93. The minimum absolute atomic E-state index is 0.0115. The average molecular weight is 1330 g/mol. The summed E-state index contributed by atoms with van der Waals surface area (Å²) in [6.45, 7) is 8.61. The predicted octanol–water partition coefficient (Wildman–Crippen LogP) is 1.19. The van der Waals surface area contributed by atoms with Gasteiger partial charge in [0.2, 0.25) is 41.4 Å². The van der Waals surface area contributed by atoms with E-state index >= 15 is 0 Å². The summed E-state index contributed by atoms with van der Waals surface area (Å²) in [5.41, 5.74) is 20.9. The van der Waals surface area contributed by atoms with E-state index in [4.69, 9.17) is 56.9 Å². The smallest absolute Gasteiger partial charge is 0.305 e. The number of allylic oxidation sites excluding steroid dienone is 2. The summed E-state index contributed by atoms with van der Waals surface area (Å²) < 4.78 is 24.8. The van der Waals surface area contributed by atoms with E-state index in [9.17, 15) is 58.2 Å². The van der Waals surface area contributed by atoms with Gasteiger partial charge in [-0.05, 0) is 83.4 Å². The molecule has 0 saturated heterocycles. The second kappa shape index (κ2) is 33.4. The molecule has 0 fully saturated rings. The standard InChI is InChI=1S/C61H77N19O16/c1-6-79-42(23-32(3)75-79)54-68-31-37-36-25-34(52(62)88)27-44(96-22-12-20-94-5)50(36)77(55(37)73-54)18-8-9-19-78-51-39(72-61(78)74-59(93)43-24-33(4)76-80(43)7-2)26-35(53(63)89)28-45(51)95-21-11-17-66-56(90)40(29-48(84)85)70-58(92)41(30-49(86)87)71-57(91)38(13-10-16-67-60(64)65)69-46(81)14-15-47(82)83/h8-9,23-28,31,38,40-41H,6-7,10-22,29-30H2,1-5H3,(H2,62,88)(H2,63,89)(H,66,90)(H,69,81)(H,70,92)(H,71,91)(H,82,83)(H,84,85)(H,86,87)(H4,64,65,67)(H,72,74,93)/b9-8+. The van der Waals surface area contributed by atoms with Crippen LogP contribution in [0.3, 0.4) is 0 Å². The van der Waals surface area contributed by atoms with Gasteiger partial charge < -0.3 is 82.4 Å². The number of carbonyl (C=O) groups is 10. The number of guanidine groups is 1. The van der Waals surface area contributed by atoms with E-state index in [0.717, 1.165) is 5.69 Å². The largest absolute Gasteiger partial charge is 0.491 e. The molecular weight excluding hydrogens is 1250 g/mol. The van der Waals surface area contributed by atoms with E-state index in [1.54, 1.807) is 53.8 Å². The van der Waals surface area contributed by atoms with E-state index in [2.05, 4.69) is 42.1 Å². The lowest BCUT2D eigenvalue weighted by Crippen LogP contribution is -2.57. The number of aliphatic carboxylic acids is 3. The number of imidazole rings is 1. The van der Waals surface area contributed by atoms with Gasteiger partial charge >= 0.3 is 17.9 Å². The number of nitrogens with zero attached hydrogens (tertiary/aromatic N) is 9. The van der Waals surface area contributed by atoms with Gasteiger partial charge in [-0.2, -0.15) is 10.2 Å². The lowest BCUT2D eigenvalue weighted by molar-refractivity contribution is -0.143. The fourth-order valence-electron chi connectivity index (χ4n) is 10.3. The number of carboxylic acid groups (broad SMARTS) is 3. The van der Waals surface area contributed by atoms with Crippen molar-refractivity contribution in [2.75, 3.05) is 45.3 Å². The Kier molecular flexibility index (Phi) is 25.0. The average Bonchev–Trinajstić information content (AvgIpc) is 1.59. The molecule has 35 nitrogen and oxygen atoms in total. The summed E-state index contributed by atoms with van der Waals surface area (Å²) in [5.74, 6) is -10.4. The fraction of sp³-hybridized carbons (Fsp3) is 0.410. The first kappa shape index (κ1) is 71.9. The maximum Gasteiger partial charge on any atom is 0.305 e. The van der Waals surface area contributed by atoms with E-state index in [-0.39, 0.29) is 98.2 Å². The number of hydrogen-bond acceptors (Lipinski definition) is 19. The number of ether oxygens (including phenoxy) is 3. The van der Waals surface area contributed by atoms with Gasteiger partial charge in [-0.3, -0.25) is 68.0 Å². The summed E-state index contributed by atoms with van der Waals surface area (Å²) in [5, 5.41) is 60.7. The minimum Gasteiger partial charge on any atom is -0.491 e. The van der Waals surface area contributed by atoms with Crippen LogP contribution in [-0.4, -0.2) is 182 Å². The monoisotopic (exact) mass is 1330 g/mol. The van der Waals surface area contributed by atoms with Crippen LogP contribution in [0.4, 0.5) is 5.95 Å². The van der Waals surface area contributed by atoms with Crippen LogP contribution < -0.4 is 58.6 Å². The lowest BCUT2D eigenvalue weighted by Gasteiger charge is -2.24. The number of rotatable bonds is 38. The molecule has 7 rings (SSSR count). The second-order valence-electron chi connectivity index (χ2n) is 21.9. The molecule has 7 amide bonds. The van der Waals surface area contributed by atoms with Crippen LogP contribution in [0.15, 0.2) is 54.7 Å². The molecule has 35 heteroatoms. The molecule has 0 aliphatic carbocycles. The number of nitrogens with one attached hydrogen (secondary N) is 7. The number of benzene rings is 2. The summed E-state index contributed by atoms with van der Waals surface area (Å²) in [6.07, 6.45) is 2.53. The first-order chi connectivity index (χ1) is 45.8. The second-order valence-corrected chi connectivity index (χ2v) is 21.9. The summed E-state index contributed by atoms with van der Waals surface area (Å²) in [4.78, 5) is 143. The van der Waals surface area contributed by atoms with Crippen molar-refractivity contribution in [3.8, 4) is 23.0 Å². The zero-order chi connectivity index (χ0) is 69.9. The van der Waals surface area contributed by atoms with Crippen molar-refractivity contribution in [2.24, 2.45) is 17.2 Å². The normalized spacial score (nSPS) is 12.3. The van der Waals surface area contributed by atoms with Gasteiger partial charge in [0.1, 0.15) is 52.2 Å². The number of fused-ring (bicyclic) bond motifs is 4. The van der Waals surface area contributed by atoms with Crippen LogP contribution in [0.25, 0.3) is 44.5 Å². The molecule has 0 aliphatic heterocycles. The Balaban J connectivity index is 1.16. The topological polar surface area (TPSA) is 517 Å². The number of primary amides is 2. The molecule has 5 aromatic heterocycles. The Morgan fingerprint density at radius 1 is 0.635 bits per heavy atom. The highest BCUT2D eigenvalue weighted by atomic mass is 16.5. The molecule has 16 N–H and O–H groups in total. The first-order valence-electron chi connectivity index (χ1n) is 30.5. The highest BCUT2D eigenvalue weighted by Gasteiger charge is 2.33. The van der Waals surface area contributed by atoms with Crippen LogP contribution in [0.5, 0.6) is 11.5 Å². The molecule has 0 saturated carbocycles. The van der Waals surface area contributed by atoms with Crippen LogP contribution >= 0.6 is 0 Å². The Morgan fingerprint density at radius 3 is 1.85 bits per heavy atom. The van der Waals surface area contributed by atoms with Crippen molar-refractivity contribution in [3.63, 3.8) is 0 Å². The van der Waals surface area contributed by atoms with E-state index in [0.29, 0.717) is 71.0 Å². The first-order valence-corrected chi connectivity index (χ1v) is 30.5. The Bertz CT molecular complexity index is 4130. The predicted molar refractivity (Wildman–Crippen MR) is 345 cm³/mol. The molecule has 0 bridgehead atoms. The van der Waals surface area contributed by atoms with Crippen molar-refractivity contribution < 1.29 is 77.5 Å². The van der Waals surface area contributed by atoms with Crippen LogP contribution in [0, 0.1) is 19.3 Å². The highest BCUT2D eigenvalue weighted by Crippen LogP contribution is 2.37. The quantitative estimate of drug-likeness (QED) is 0.0112. The van der Waals surface area contributed by atoms with Crippen LogP contribution in [0.2, 0.25) is 0 Å². The molecule has 3 atom stereocenters. The Morgan fingerprint density at radius 2 is 1.23 bits per heavy atom. The van der Waals surface area contributed by atoms with Gasteiger partial charge in [-0.1, -0.05) is 12.2 Å². The number of amides is 7. The zero-order valence-electron chi connectivity index (χ0n) is 53.4. The van der Waals surface area contributed by atoms with Gasteiger partial charge in [0.05, 0.1) is 54.9 Å². The number of carboxylic acids is 3. The maximum absolute atomic E-state index is 14.2. The number of hydrogen-bond donors (Lipinski definition) is 13. The van der Waals surface area contributed by atoms with E-state index in [1.165, 1.54) is 16.8 Å². The number of anilines is 1. The number of aryl methyl sites for hydroxylation is 4. The van der Waals surface area contributed by atoms with Crippen LogP contribution in [0.1, 0.15) is 108 Å². The molecule has 7 aromatic rings. The SMILES string of the molecule is CCn1nc(C)cc1C(=O)Nc1nc2cc(C(N)=O)cc(OCCCNC(=O)C(CC(=O)O)NC(=O)C(CC(=O)O)NC(=O)C(CCCNC(=N)N)NC(=O)CCC(=O)O)c2n1C/C=C/Cn1c2nc(-c3cc(C)nn3CC)ncc2c2cc(C(N)=O)cc(OCCCOC)c21. The van der Waals surface area contributed by atoms with Crippen molar-refractivity contribution in [1.29, 1.82) is 5.41 Å². The summed E-state index contributed by atoms with van der Waals surface area (Å²) in [7, 11) is 1.57. The number of carbonyl (C=O) groups excluding carboxylic acids is 7. The number of aromatic nitrogens is 9. The molecule has 512 valence electrons. The maximum atomic E-state index is 14.2. The van der Waals surface area contributed by atoms with E-state index < -0.39 is 109 Å². The molecule has 96 heavy (non-hydrogen) atoms. The van der Waals surface area contributed by atoms with Crippen molar-refractivity contribution in [1.82, 2.24) is 70.2 Å². The highest BCUT2D eigenvalue weighted by molar-refractivity contribution is 6.12. The fourth-order valence-corrected chi connectivity index (χ4v) is 10.3. The molecule has 5 heterocycles. The van der Waals surface area contributed by atoms with Gasteiger partial charge in [0.25, 0.3) is 5.91 Å². The summed E-state index contributed by atoms with van der Waals surface area (Å²) in [6, 6.07) is 4.26. The third-order valence-corrected chi connectivity index (χ3v) is 14.7.